The molecule has 1 aliphatic carbocycles. The van der Waals surface area contributed by atoms with Gasteiger partial charge in [0.15, 0.2) is 0 Å². The van der Waals surface area contributed by atoms with E-state index in [2.05, 4.69) is 5.32 Å². The van der Waals surface area contributed by atoms with Crippen LogP contribution in [0, 0.1) is 5.92 Å². The third-order valence-electron chi connectivity index (χ3n) is 4.31. The molecule has 5 heteroatoms. The van der Waals surface area contributed by atoms with Gasteiger partial charge < -0.3 is 20.5 Å². The average Bonchev–Trinajstić information content (AvgIpc) is 2.56. The predicted molar refractivity (Wildman–Crippen MR) is 91.6 cm³/mol. The maximum absolute atomic E-state index is 12.3. The summed E-state index contributed by atoms with van der Waals surface area (Å²) in [4.78, 5) is 12.3. The summed E-state index contributed by atoms with van der Waals surface area (Å²) < 4.78 is 10.5. The number of hydrogen-bond acceptors (Lipinski definition) is 4. The highest BCUT2D eigenvalue weighted by Crippen LogP contribution is 2.27. The Kier molecular flexibility index (Phi) is 7.36. The monoisotopic (exact) mass is 320 g/mol. The molecule has 0 bridgehead atoms. The van der Waals surface area contributed by atoms with Crippen molar-refractivity contribution in [2.45, 2.75) is 44.6 Å². The fraction of sp³-hybridized carbons (Fsp3) is 0.611. The largest absolute Gasteiger partial charge is 0.491 e. The molecule has 1 unspecified atom stereocenters. The van der Waals surface area contributed by atoms with Crippen molar-refractivity contribution >= 4 is 11.6 Å². The molecule has 1 saturated carbocycles. The number of hydrogen-bond donors (Lipinski definition) is 2. The Morgan fingerprint density at radius 1 is 1.30 bits per heavy atom. The van der Waals surface area contributed by atoms with Crippen LogP contribution in [0.3, 0.4) is 0 Å². The fourth-order valence-electron chi connectivity index (χ4n) is 3.03. The van der Waals surface area contributed by atoms with E-state index in [1.807, 2.05) is 18.2 Å². The SMILES string of the molecule is COCCOc1cccc(NC(=O)C(N)CC2CCCCC2)c1. The predicted octanol–water partition coefficient (Wildman–Crippen LogP) is 2.95. The standard InChI is InChI=1S/C18H28N2O3/c1-22-10-11-23-16-9-5-8-15(13-16)20-18(21)17(19)12-14-6-3-2-4-7-14/h5,8-9,13-14,17H,2-4,6-7,10-12,19H2,1H3,(H,20,21). The number of anilines is 1. The minimum atomic E-state index is -0.448. The lowest BCUT2D eigenvalue weighted by Gasteiger charge is -2.24. The Labute approximate surface area is 138 Å². The van der Waals surface area contributed by atoms with Crippen molar-refractivity contribution in [1.29, 1.82) is 0 Å². The minimum Gasteiger partial charge on any atom is -0.491 e. The van der Waals surface area contributed by atoms with E-state index in [-0.39, 0.29) is 5.91 Å². The van der Waals surface area contributed by atoms with Crippen LogP contribution in [0.25, 0.3) is 0 Å². The maximum atomic E-state index is 12.3. The highest BCUT2D eigenvalue weighted by atomic mass is 16.5. The van der Waals surface area contributed by atoms with Gasteiger partial charge in [0.25, 0.3) is 0 Å². The van der Waals surface area contributed by atoms with Gasteiger partial charge in [0.2, 0.25) is 5.91 Å². The Bertz CT molecular complexity index is 487. The zero-order valence-electron chi connectivity index (χ0n) is 13.9. The van der Waals surface area contributed by atoms with Gasteiger partial charge in [-0.05, 0) is 24.5 Å². The van der Waals surface area contributed by atoms with Crippen LogP contribution >= 0.6 is 0 Å². The lowest BCUT2D eigenvalue weighted by Crippen LogP contribution is -2.37. The van der Waals surface area contributed by atoms with Crippen LogP contribution in [0.15, 0.2) is 24.3 Å². The van der Waals surface area contributed by atoms with Crippen LogP contribution in [0.4, 0.5) is 5.69 Å². The topological polar surface area (TPSA) is 73.6 Å². The Morgan fingerprint density at radius 2 is 2.09 bits per heavy atom. The second-order valence-electron chi connectivity index (χ2n) is 6.20. The molecule has 1 aromatic carbocycles. The molecule has 0 saturated heterocycles. The van der Waals surface area contributed by atoms with E-state index in [1.165, 1.54) is 32.1 Å². The molecule has 0 aromatic heterocycles. The summed E-state index contributed by atoms with van der Waals surface area (Å²) in [6.07, 6.45) is 7.01. The second-order valence-corrected chi connectivity index (χ2v) is 6.20. The summed E-state index contributed by atoms with van der Waals surface area (Å²) >= 11 is 0. The minimum absolute atomic E-state index is 0.121. The molecule has 1 fully saturated rings. The number of benzene rings is 1. The fourth-order valence-corrected chi connectivity index (χ4v) is 3.03. The van der Waals surface area contributed by atoms with Gasteiger partial charge in [0.1, 0.15) is 12.4 Å². The van der Waals surface area contributed by atoms with Gasteiger partial charge in [-0.1, -0.05) is 38.2 Å². The first-order valence-corrected chi connectivity index (χ1v) is 8.47. The number of carbonyl (C=O) groups excluding carboxylic acids is 1. The van der Waals surface area contributed by atoms with Crippen molar-refractivity contribution in [3.05, 3.63) is 24.3 Å². The van der Waals surface area contributed by atoms with Gasteiger partial charge >= 0.3 is 0 Å². The van der Waals surface area contributed by atoms with E-state index in [1.54, 1.807) is 13.2 Å². The molecule has 1 aliphatic rings. The number of amides is 1. The second kappa shape index (κ2) is 9.53. The number of carbonyl (C=O) groups is 1. The van der Waals surface area contributed by atoms with E-state index in [0.29, 0.717) is 30.6 Å². The first-order valence-electron chi connectivity index (χ1n) is 8.47. The van der Waals surface area contributed by atoms with Crippen molar-refractivity contribution < 1.29 is 14.3 Å². The molecule has 2 rings (SSSR count). The number of rotatable bonds is 8. The molecule has 23 heavy (non-hydrogen) atoms. The number of nitrogens with two attached hydrogens (primary N) is 1. The summed E-state index contributed by atoms with van der Waals surface area (Å²) in [7, 11) is 1.63. The van der Waals surface area contributed by atoms with Crippen molar-refractivity contribution in [1.82, 2.24) is 0 Å². The van der Waals surface area contributed by atoms with Gasteiger partial charge in [0, 0.05) is 18.9 Å². The summed E-state index contributed by atoms with van der Waals surface area (Å²) in [5.41, 5.74) is 6.78. The van der Waals surface area contributed by atoms with Gasteiger partial charge in [-0.15, -0.1) is 0 Å². The number of ether oxygens (including phenoxy) is 2. The van der Waals surface area contributed by atoms with Crippen LogP contribution < -0.4 is 15.8 Å². The average molecular weight is 320 g/mol. The zero-order chi connectivity index (χ0) is 16.5. The van der Waals surface area contributed by atoms with Gasteiger partial charge in [-0.2, -0.15) is 0 Å². The molecule has 1 amide bonds. The molecule has 0 heterocycles. The molecule has 0 radical (unpaired) electrons. The Morgan fingerprint density at radius 3 is 2.83 bits per heavy atom. The summed E-state index contributed by atoms with van der Waals surface area (Å²) in [6.45, 7) is 1.01. The van der Waals surface area contributed by atoms with E-state index in [4.69, 9.17) is 15.2 Å². The lowest BCUT2D eigenvalue weighted by molar-refractivity contribution is -0.117. The van der Waals surface area contributed by atoms with Crippen molar-refractivity contribution in [3.8, 4) is 5.75 Å². The third kappa shape index (κ3) is 6.20. The van der Waals surface area contributed by atoms with Gasteiger partial charge in [0.05, 0.1) is 12.6 Å². The molecule has 0 aliphatic heterocycles. The Balaban J connectivity index is 1.82. The molecule has 1 aromatic rings. The van der Waals surface area contributed by atoms with Crippen molar-refractivity contribution in [2.24, 2.45) is 11.7 Å². The van der Waals surface area contributed by atoms with Gasteiger partial charge in [-0.3, -0.25) is 4.79 Å². The molecule has 0 spiro atoms. The van der Waals surface area contributed by atoms with Crippen molar-refractivity contribution in [2.75, 3.05) is 25.6 Å². The highest BCUT2D eigenvalue weighted by Gasteiger charge is 2.21. The zero-order valence-corrected chi connectivity index (χ0v) is 13.9. The highest BCUT2D eigenvalue weighted by molar-refractivity contribution is 5.94. The van der Waals surface area contributed by atoms with E-state index in [9.17, 15) is 4.79 Å². The van der Waals surface area contributed by atoms with E-state index >= 15 is 0 Å². The first-order chi connectivity index (χ1) is 11.2. The molecule has 1 atom stereocenters. The molecule has 5 nitrogen and oxygen atoms in total. The van der Waals surface area contributed by atoms with Crippen LogP contribution in [0.5, 0.6) is 5.75 Å². The van der Waals surface area contributed by atoms with E-state index in [0.717, 1.165) is 6.42 Å². The summed E-state index contributed by atoms with van der Waals surface area (Å²) in [6, 6.07) is 6.91. The van der Waals surface area contributed by atoms with Gasteiger partial charge in [-0.25, -0.2) is 0 Å². The first kappa shape index (κ1) is 17.8. The normalized spacial score (nSPS) is 16.8. The summed E-state index contributed by atoms with van der Waals surface area (Å²) in [5.74, 6) is 1.18. The Hall–Kier alpha value is -1.59. The molecule has 128 valence electrons. The number of nitrogens with one attached hydrogen (secondary N) is 1. The smallest absolute Gasteiger partial charge is 0.241 e. The van der Waals surface area contributed by atoms with E-state index < -0.39 is 6.04 Å². The number of methoxy groups -OCH3 is 1. The lowest BCUT2D eigenvalue weighted by atomic mass is 9.85. The van der Waals surface area contributed by atoms with Crippen LogP contribution in [0.2, 0.25) is 0 Å². The quantitative estimate of drug-likeness (QED) is 0.722. The van der Waals surface area contributed by atoms with Crippen LogP contribution in [-0.4, -0.2) is 32.3 Å². The van der Waals surface area contributed by atoms with Crippen molar-refractivity contribution in [3.63, 3.8) is 0 Å². The molecular formula is C18H28N2O3. The maximum Gasteiger partial charge on any atom is 0.241 e. The summed E-state index contributed by atoms with van der Waals surface area (Å²) in [5, 5.41) is 2.89. The van der Waals surface area contributed by atoms with Crippen LogP contribution in [0.1, 0.15) is 38.5 Å². The molecular weight excluding hydrogens is 292 g/mol. The molecule has 3 N–H and O–H groups in total. The third-order valence-corrected chi connectivity index (χ3v) is 4.31. The van der Waals surface area contributed by atoms with Crippen LogP contribution in [-0.2, 0) is 9.53 Å².